The molecule has 0 heterocycles. The molecule has 5 N–H and O–H groups in total. The molecule has 0 rings (SSSR count). The van der Waals surface area contributed by atoms with Crippen molar-refractivity contribution in [1.82, 2.24) is 0 Å². The number of carboxylic acids is 1. The second-order valence-electron chi connectivity index (χ2n) is 2.23. The van der Waals surface area contributed by atoms with Crippen molar-refractivity contribution in [2.45, 2.75) is 25.3 Å². The standard InChI is InChI=1S/C6H14N2O2.Fe/c7-4-2-1-3-5(8)6(9)10;/h5H,1-4,7-8H2,(H,9,10);. The number of rotatable bonds is 5. The number of nitrogens with two attached hydrogens (primary N) is 2. The van der Waals surface area contributed by atoms with Gasteiger partial charge in [0.15, 0.2) is 0 Å². The van der Waals surface area contributed by atoms with Gasteiger partial charge in [0.1, 0.15) is 6.04 Å². The van der Waals surface area contributed by atoms with Crippen LogP contribution in [0.2, 0.25) is 0 Å². The molecule has 0 aromatic heterocycles. The minimum absolute atomic E-state index is 0. The second-order valence-corrected chi connectivity index (χ2v) is 2.23. The minimum atomic E-state index is -0.933. The first-order valence-corrected chi connectivity index (χ1v) is 3.37. The molecule has 0 aromatic rings. The van der Waals surface area contributed by atoms with Crippen molar-refractivity contribution in [3.8, 4) is 0 Å². The van der Waals surface area contributed by atoms with E-state index in [0.29, 0.717) is 13.0 Å². The average molecular weight is 202 g/mol. The van der Waals surface area contributed by atoms with E-state index in [1.165, 1.54) is 0 Å². The third-order valence-corrected chi connectivity index (χ3v) is 1.29. The molecule has 0 saturated heterocycles. The van der Waals surface area contributed by atoms with Crippen LogP contribution in [0.3, 0.4) is 0 Å². The van der Waals surface area contributed by atoms with Gasteiger partial charge in [-0.05, 0) is 19.4 Å². The SMILES string of the molecule is NCCCCC(N)C(=O)O.[Fe]. The normalized spacial score (nSPS) is 11.8. The molecular weight excluding hydrogens is 188 g/mol. The molecule has 1 atom stereocenters. The summed E-state index contributed by atoms with van der Waals surface area (Å²) in [6.07, 6.45) is 2.16. The molecule has 0 aliphatic carbocycles. The number of carbonyl (C=O) groups is 1. The number of carboxylic acid groups (broad SMARTS) is 1. The number of unbranched alkanes of at least 4 members (excludes halogenated alkanes) is 1. The number of aliphatic carboxylic acids is 1. The van der Waals surface area contributed by atoms with Gasteiger partial charge in [0, 0.05) is 17.1 Å². The van der Waals surface area contributed by atoms with Gasteiger partial charge in [0.25, 0.3) is 0 Å². The summed E-state index contributed by atoms with van der Waals surface area (Å²) in [7, 11) is 0. The maximum Gasteiger partial charge on any atom is 0.320 e. The Balaban J connectivity index is 0. The minimum Gasteiger partial charge on any atom is -0.480 e. The Kier molecular flexibility index (Phi) is 9.83. The summed E-state index contributed by atoms with van der Waals surface area (Å²) in [4.78, 5) is 10.1. The molecule has 0 spiro atoms. The van der Waals surface area contributed by atoms with E-state index >= 15 is 0 Å². The predicted octanol–water partition coefficient (Wildman–Crippen LogP) is -0.475. The number of hydrogen-bond donors (Lipinski definition) is 3. The van der Waals surface area contributed by atoms with E-state index in [1.807, 2.05) is 0 Å². The van der Waals surface area contributed by atoms with Crippen LogP contribution < -0.4 is 11.5 Å². The van der Waals surface area contributed by atoms with Crippen molar-refractivity contribution in [1.29, 1.82) is 0 Å². The average Bonchev–Trinajstić information content (AvgIpc) is 1.88. The van der Waals surface area contributed by atoms with Crippen molar-refractivity contribution in [2.75, 3.05) is 6.54 Å². The van der Waals surface area contributed by atoms with Crippen LogP contribution in [-0.4, -0.2) is 23.7 Å². The fourth-order valence-electron chi connectivity index (χ4n) is 0.632. The van der Waals surface area contributed by atoms with Gasteiger partial charge < -0.3 is 16.6 Å². The second kappa shape index (κ2) is 8.01. The molecule has 0 saturated carbocycles. The zero-order chi connectivity index (χ0) is 7.98. The molecule has 5 heteroatoms. The van der Waals surface area contributed by atoms with E-state index in [2.05, 4.69) is 0 Å². The molecule has 0 amide bonds. The van der Waals surface area contributed by atoms with E-state index < -0.39 is 12.0 Å². The largest absolute Gasteiger partial charge is 0.480 e. The van der Waals surface area contributed by atoms with Crippen LogP contribution in [-0.2, 0) is 21.9 Å². The molecule has 68 valence electrons. The third-order valence-electron chi connectivity index (χ3n) is 1.29. The Morgan fingerprint density at radius 2 is 2.00 bits per heavy atom. The van der Waals surface area contributed by atoms with Crippen LogP contribution in [0.4, 0.5) is 0 Å². The summed E-state index contributed by atoms with van der Waals surface area (Å²) in [5.74, 6) is -0.933. The van der Waals surface area contributed by atoms with E-state index in [-0.39, 0.29) is 17.1 Å². The first-order chi connectivity index (χ1) is 4.68. The van der Waals surface area contributed by atoms with Gasteiger partial charge in [0.05, 0.1) is 0 Å². The molecule has 0 aromatic carbocycles. The van der Waals surface area contributed by atoms with Crippen LogP contribution in [0.25, 0.3) is 0 Å². The van der Waals surface area contributed by atoms with E-state index in [4.69, 9.17) is 16.6 Å². The van der Waals surface area contributed by atoms with E-state index in [1.54, 1.807) is 0 Å². The van der Waals surface area contributed by atoms with Gasteiger partial charge in [0.2, 0.25) is 0 Å². The van der Waals surface area contributed by atoms with Crippen molar-refractivity contribution >= 4 is 5.97 Å². The van der Waals surface area contributed by atoms with Crippen LogP contribution in [0.5, 0.6) is 0 Å². The Morgan fingerprint density at radius 1 is 1.45 bits per heavy atom. The maximum atomic E-state index is 10.1. The van der Waals surface area contributed by atoms with Crippen LogP contribution >= 0.6 is 0 Å². The topological polar surface area (TPSA) is 89.3 Å². The van der Waals surface area contributed by atoms with Gasteiger partial charge in [-0.15, -0.1) is 0 Å². The van der Waals surface area contributed by atoms with Crippen molar-refractivity contribution in [3.63, 3.8) is 0 Å². The molecule has 0 aliphatic rings. The Bertz CT molecular complexity index is 111. The maximum absolute atomic E-state index is 10.1. The summed E-state index contributed by atoms with van der Waals surface area (Å²) in [6, 6.07) is -0.716. The fraction of sp³-hybridized carbons (Fsp3) is 0.833. The third kappa shape index (κ3) is 7.81. The summed E-state index contributed by atoms with van der Waals surface area (Å²) in [6.45, 7) is 0.604. The quantitative estimate of drug-likeness (QED) is 0.415. The number of hydrogen-bond acceptors (Lipinski definition) is 3. The van der Waals surface area contributed by atoms with Gasteiger partial charge in [-0.3, -0.25) is 4.79 Å². The van der Waals surface area contributed by atoms with Gasteiger partial charge in [-0.2, -0.15) is 0 Å². The van der Waals surface area contributed by atoms with Gasteiger partial charge in [-0.1, -0.05) is 6.42 Å². The van der Waals surface area contributed by atoms with Crippen molar-refractivity contribution in [2.24, 2.45) is 11.5 Å². The van der Waals surface area contributed by atoms with Crippen LogP contribution in [0.1, 0.15) is 19.3 Å². The summed E-state index contributed by atoms with van der Waals surface area (Å²) in [5, 5.41) is 8.33. The fourth-order valence-corrected chi connectivity index (χ4v) is 0.632. The van der Waals surface area contributed by atoms with Crippen LogP contribution in [0.15, 0.2) is 0 Å². The summed E-state index contributed by atoms with van der Waals surface area (Å²) < 4.78 is 0. The van der Waals surface area contributed by atoms with Crippen molar-refractivity contribution in [3.05, 3.63) is 0 Å². The zero-order valence-corrected chi connectivity index (χ0v) is 7.37. The van der Waals surface area contributed by atoms with Gasteiger partial charge >= 0.3 is 5.97 Å². The Morgan fingerprint density at radius 3 is 2.36 bits per heavy atom. The molecular formula is C6H14FeN2O2. The smallest absolute Gasteiger partial charge is 0.320 e. The molecule has 0 fully saturated rings. The van der Waals surface area contributed by atoms with E-state index in [9.17, 15) is 4.79 Å². The first kappa shape index (κ1) is 13.5. The van der Waals surface area contributed by atoms with Crippen LogP contribution in [0, 0.1) is 0 Å². The van der Waals surface area contributed by atoms with Gasteiger partial charge in [-0.25, -0.2) is 0 Å². The monoisotopic (exact) mass is 202 g/mol. The molecule has 11 heavy (non-hydrogen) atoms. The molecule has 1 unspecified atom stereocenters. The predicted molar refractivity (Wildman–Crippen MR) is 38.5 cm³/mol. The molecule has 0 aliphatic heterocycles. The van der Waals surface area contributed by atoms with E-state index in [0.717, 1.165) is 12.8 Å². The summed E-state index contributed by atoms with van der Waals surface area (Å²) >= 11 is 0. The Hall–Kier alpha value is -0.0905. The van der Waals surface area contributed by atoms with Crippen molar-refractivity contribution < 1.29 is 27.0 Å². The molecule has 0 radical (unpaired) electrons. The zero-order valence-electron chi connectivity index (χ0n) is 6.27. The molecule has 0 bridgehead atoms. The Labute approximate surface area is 76.8 Å². The summed E-state index contributed by atoms with van der Waals surface area (Å²) in [5.41, 5.74) is 10.4. The first-order valence-electron chi connectivity index (χ1n) is 3.37. The molecule has 4 nitrogen and oxygen atoms in total.